The maximum absolute atomic E-state index is 12.5. The zero-order valence-corrected chi connectivity index (χ0v) is 16.5. The number of rotatable bonds is 4. The molecule has 4 aromatic rings. The lowest BCUT2D eigenvalue weighted by molar-refractivity contribution is 0.102. The summed E-state index contributed by atoms with van der Waals surface area (Å²) in [5.74, 6) is 1.16. The Labute approximate surface area is 169 Å². The number of carbonyl (C=O) groups is 1. The maximum Gasteiger partial charge on any atom is 0.255 e. The molecule has 0 fully saturated rings. The number of amides is 1. The van der Waals surface area contributed by atoms with Crippen LogP contribution in [0.5, 0.6) is 0 Å². The van der Waals surface area contributed by atoms with Gasteiger partial charge in [-0.1, -0.05) is 42.5 Å². The van der Waals surface area contributed by atoms with Crippen molar-refractivity contribution >= 4 is 11.6 Å². The van der Waals surface area contributed by atoms with Crippen molar-refractivity contribution in [3.63, 3.8) is 0 Å². The molecule has 2 aromatic carbocycles. The van der Waals surface area contributed by atoms with Crippen LogP contribution < -0.4 is 5.32 Å². The quantitative estimate of drug-likeness (QED) is 0.563. The minimum absolute atomic E-state index is 0.202. The van der Waals surface area contributed by atoms with Gasteiger partial charge in [0.1, 0.15) is 5.82 Å². The Bertz CT molecular complexity index is 1150. The summed E-state index contributed by atoms with van der Waals surface area (Å²) < 4.78 is 1.89. The van der Waals surface area contributed by atoms with E-state index in [0.29, 0.717) is 17.2 Å². The van der Waals surface area contributed by atoms with E-state index >= 15 is 0 Å². The summed E-state index contributed by atoms with van der Waals surface area (Å²) in [6.45, 7) is 5.85. The third-order valence-corrected chi connectivity index (χ3v) is 4.86. The number of imidazole rings is 1. The predicted molar refractivity (Wildman–Crippen MR) is 113 cm³/mol. The van der Waals surface area contributed by atoms with Crippen LogP contribution in [0.1, 0.15) is 27.6 Å². The molecule has 0 radical (unpaired) electrons. The monoisotopic (exact) mass is 383 g/mol. The molecular weight excluding hydrogens is 362 g/mol. The lowest BCUT2D eigenvalue weighted by Crippen LogP contribution is -2.13. The number of carbonyl (C=O) groups excluding carboxylic acids is 1. The molecule has 0 saturated heterocycles. The highest BCUT2D eigenvalue weighted by Crippen LogP contribution is 2.20. The SMILES string of the molecule is Cc1nc(C)n(-c2ncc(NC(=O)c3ccc(-c4ccccc4)cc3)cn2)c1C. The van der Waals surface area contributed by atoms with Gasteiger partial charge in [-0.15, -0.1) is 0 Å². The number of nitrogens with zero attached hydrogens (tertiary/aromatic N) is 4. The van der Waals surface area contributed by atoms with E-state index in [1.807, 2.05) is 79.9 Å². The molecule has 144 valence electrons. The molecule has 0 aliphatic rings. The van der Waals surface area contributed by atoms with Crippen LogP contribution in [-0.4, -0.2) is 25.4 Å². The second kappa shape index (κ2) is 7.67. The third-order valence-electron chi connectivity index (χ3n) is 4.86. The molecule has 0 spiro atoms. The van der Waals surface area contributed by atoms with Gasteiger partial charge in [-0.2, -0.15) is 0 Å². The van der Waals surface area contributed by atoms with Crippen LogP contribution >= 0.6 is 0 Å². The first-order valence-electron chi connectivity index (χ1n) is 9.35. The van der Waals surface area contributed by atoms with Crippen molar-refractivity contribution in [2.45, 2.75) is 20.8 Å². The van der Waals surface area contributed by atoms with E-state index in [4.69, 9.17) is 0 Å². The van der Waals surface area contributed by atoms with Crippen molar-refractivity contribution in [1.29, 1.82) is 0 Å². The summed E-state index contributed by atoms with van der Waals surface area (Å²) in [4.78, 5) is 25.7. The Kier molecular flexibility index (Phi) is 4.91. The summed E-state index contributed by atoms with van der Waals surface area (Å²) in [7, 11) is 0. The van der Waals surface area contributed by atoms with E-state index < -0.39 is 0 Å². The van der Waals surface area contributed by atoms with E-state index in [9.17, 15) is 4.79 Å². The molecule has 6 heteroatoms. The van der Waals surface area contributed by atoms with Crippen LogP contribution in [0.25, 0.3) is 17.1 Å². The predicted octanol–water partition coefficient (Wildman–Crippen LogP) is 4.51. The van der Waals surface area contributed by atoms with Gasteiger partial charge in [-0.05, 0) is 44.0 Å². The number of hydrogen-bond acceptors (Lipinski definition) is 4. The highest BCUT2D eigenvalue weighted by atomic mass is 16.1. The van der Waals surface area contributed by atoms with Gasteiger partial charge in [0, 0.05) is 11.3 Å². The third kappa shape index (κ3) is 3.78. The first kappa shape index (κ1) is 18.6. The summed E-state index contributed by atoms with van der Waals surface area (Å²) in [6, 6.07) is 17.6. The molecule has 6 nitrogen and oxygen atoms in total. The van der Waals surface area contributed by atoms with Crippen LogP contribution in [0.15, 0.2) is 67.0 Å². The molecule has 1 amide bonds. The Morgan fingerprint density at radius 3 is 2.07 bits per heavy atom. The van der Waals surface area contributed by atoms with Crippen molar-refractivity contribution < 1.29 is 4.79 Å². The molecule has 0 unspecified atom stereocenters. The van der Waals surface area contributed by atoms with Gasteiger partial charge in [0.15, 0.2) is 0 Å². The second-order valence-electron chi connectivity index (χ2n) is 6.83. The van der Waals surface area contributed by atoms with E-state index in [2.05, 4.69) is 20.3 Å². The smallest absolute Gasteiger partial charge is 0.255 e. The molecule has 0 aliphatic carbocycles. The zero-order chi connectivity index (χ0) is 20.4. The second-order valence-corrected chi connectivity index (χ2v) is 6.83. The van der Waals surface area contributed by atoms with E-state index in [1.54, 1.807) is 12.4 Å². The summed E-state index contributed by atoms with van der Waals surface area (Å²) >= 11 is 0. The fourth-order valence-corrected chi connectivity index (χ4v) is 3.22. The van der Waals surface area contributed by atoms with Gasteiger partial charge in [0.05, 0.1) is 23.8 Å². The Morgan fingerprint density at radius 1 is 0.862 bits per heavy atom. The van der Waals surface area contributed by atoms with Gasteiger partial charge in [-0.25, -0.2) is 15.0 Å². The van der Waals surface area contributed by atoms with Crippen molar-refractivity contribution in [1.82, 2.24) is 19.5 Å². The first-order valence-corrected chi connectivity index (χ1v) is 9.35. The van der Waals surface area contributed by atoms with Crippen molar-refractivity contribution in [2.24, 2.45) is 0 Å². The minimum atomic E-state index is -0.202. The van der Waals surface area contributed by atoms with Crippen molar-refractivity contribution in [3.8, 4) is 17.1 Å². The number of aromatic nitrogens is 4. The lowest BCUT2D eigenvalue weighted by Gasteiger charge is -2.08. The van der Waals surface area contributed by atoms with Gasteiger partial charge in [0.2, 0.25) is 5.95 Å². The Balaban J connectivity index is 1.48. The van der Waals surface area contributed by atoms with Crippen LogP contribution in [-0.2, 0) is 0 Å². The van der Waals surface area contributed by atoms with Crippen LogP contribution in [0.3, 0.4) is 0 Å². The number of hydrogen-bond donors (Lipinski definition) is 1. The molecule has 0 saturated carbocycles. The molecule has 2 heterocycles. The Morgan fingerprint density at radius 2 is 1.48 bits per heavy atom. The first-order chi connectivity index (χ1) is 14.0. The largest absolute Gasteiger partial charge is 0.319 e. The standard InChI is InChI=1S/C23H21N5O/c1-15-16(2)28(17(3)26-15)23-24-13-21(14-25-23)27-22(29)20-11-9-19(10-12-20)18-7-5-4-6-8-18/h4-14H,1-3H3,(H,27,29). The molecule has 29 heavy (non-hydrogen) atoms. The number of benzene rings is 2. The average molecular weight is 383 g/mol. The van der Waals surface area contributed by atoms with Crippen LogP contribution in [0.4, 0.5) is 5.69 Å². The van der Waals surface area contributed by atoms with Gasteiger partial charge >= 0.3 is 0 Å². The highest BCUT2D eigenvalue weighted by molar-refractivity contribution is 6.04. The van der Waals surface area contributed by atoms with Crippen molar-refractivity contribution in [3.05, 3.63) is 89.8 Å². The zero-order valence-electron chi connectivity index (χ0n) is 16.5. The molecule has 0 atom stereocenters. The number of anilines is 1. The van der Waals surface area contributed by atoms with Gasteiger partial charge < -0.3 is 5.32 Å². The summed E-state index contributed by atoms with van der Waals surface area (Å²) in [5, 5.41) is 2.84. The molecule has 4 rings (SSSR count). The number of nitrogens with one attached hydrogen (secondary N) is 1. The fourth-order valence-electron chi connectivity index (χ4n) is 3.22. The molecular formula is C23H21N5O. The fraction of sp³-hybridized carbons (Fsp3) is 0.130. The molecule has 1 N–H and O–H groups in total. The van der Waals surface area contributed by atoms with Crippen LogP contribution in [0.2, 0.25) is 0 Å². The topological polar surface area (TPSA) is 72.7 Å². The van der Waals surface area contributed by atoms with E-state index in [-0.39, 0.29) is 5.91 Å². The van der Waals surface area contributed by atoms with Gasteiger partial charge in [-0.3, -0.25) is 9.36 Å². The van der Waals surface area contributed by atoms with E-state index in [1.165, 1.54) is 0 Å². The van der Waals surface area contributed by atoms with Crippen molar-refractivity contribution in [2.75, 3.05) is 5.32 Å². The lowest BCUT2D eigenvalue weighted by atomic mass is 10.0. The molecule has 0 aliphatic heterocycles. The van der Waals surface area contributed by atoms with Crippen LogP contribution in [0, 0.1) is 20.8 Å². The summed E-state index contributed by atoms with van der Waals surface area (Å²) in [5.41, 5.74) is 5.24. The maximum atomic E-state index is 12.5. The average Bonchev–Trinajstić information content (AvgIpc) is 3.01. The summed E-state index contributed by atoms with van der Waals surface area (Å²) in [6.07, 6.45) is 3.21. The van der Waals surface area contributed by atoms with Gasteiger partial charge in [0.25, 0.3) is 5.91 Å². The number of aryl methyl sites for hydroxylation is 2. The normalized spacial score (nSPS) is 10.7. The molecule has 0 bridgehead atoms. The van der Waals surface area contributed by atoms with E-state index in [0.717, 1.165) is 28.3 Å². The minimum Gasteiger partial charge on any atom is -0.319 e. The molecule has 2 aromatic heterocycles. The highest BCUT2D eigenvalue weighted by Gasteiger charge is 2.12. The Hall–Kier alpha value is -3.80.